The summed E-state index contributed by atoms with van der Waals surface area (Å²) in [5.74, 6) is 0.0775. The average molecular weight is 292 g/mol. The highest BCUT2D eigenvalue weighted by Crippen LogP contribution is 2.21. The van der Waals surface area contributed by atoms with Gasteiger partial charge in [0.05, 0.1) is 19.6 Å². The molecule has 1 aliphatic heterocycles. The Kier molecular flexibility index (Phi) is 4.84. The normalized spacial score (nSPS) is 15.4. The number of nitrogens with zero attached hydrogens (tertiary/aromatic N) is 4. The maximum atomic E-state index is 12.2. The number of esters is 1. The summed E-state index contributed by atoms with van der Waals surface area (Å²) in [5.41, 5.74) is 8.24. The van der Waals surface area contributed by atoms with Crippen molar-refractivity contribution in [3.8, 4) is 0 Å². The average Bonchev–Trinajstić information content (AvgIpc) is 3.00. The van der Waals surface area contributed by atoms with Gasteiger partial charge in [-0.25, -0.2) is 0 Å². The number of methoxy groups -OCH3 is 1. The summed E-state index contributed by atoms with van der Waals surface area (Å²) in [4.78, 5) is 28.0. The van der Waals surface area contributed by atoms with Gasteiger partial charge in [-0.2, -0.15) is 0 Å². The molecule has 1 aromatic heterocycles. The molecule has 0 atom stereocenters. The number of hydrogen-bond acceptors (Lipinski definition) is 5. The highest BCUT2D eigenvalue weighted by Gasteiger charge is 2.29. The second-order valence-electron chi connectivity index (χ2n) is 4.74. The van der Waals surface area contributed by atoms with Crippen molar-refractivity contribution < 1.29 is 18.7 Å². The first-order chi connectivity index (χ1) is 10.2. The lowest BCUT2D eigenvalue weighted by molar-refractivity contribution is -0.146. The number of carbonyl (C=O) groups is 2. The summed E-state index contributed by atoms with van der Waals surface area (Å²) in [7, 11) is 1.37. The Hall–Kier alpha value is -2.47. The predicted molar refractivity (Wildman–Crippen MR) is 72.2 cm³/mol. The van der Waals surface area contributed by atoms with Gasteiger partial charge in [0.25, 0.3) is 5.91 Å². The van der Waals surface area contributed by atoms with Crippen molar-refractivity contribution in [3.05, 3.63) is 34.1 Å². The largest absolute Gasteiger partial charge is 0.469 e. The molecule has 0 N–H and O–H groups in total. The van der Waals surface area contributed by atoms with E-state index in [0.29, 0.717) is 31.7 Å². The SMILES string of the molecule is COC(=O)C1CCN(C(=O)c2ccc(CN=[N+]=[N-])o2)CC1. The summed E-state index contributed by atoms with van der Waals surface area (Å²) < 4.78 is 10.1. The Morgan fingerprint density at radius 2 is 2.19 bits per heavy atom. The van der Waals surface area contributed by atoms with Crippen LogP contribution in [0.2, 0.25) is 0 Å². The van der Waals surface area contributed by atoms with E-state index in [4.69, 9.17) is 14.7 Å². The van der Waals surface area contributed by atoms with Gasteiger partial charge >= 0.3 is 5.97 Å². The van der Waals surface area contributed by atoms with Crippen LogP contribution in [-0.4, -0.2) is 37.0 Å². The zero-order valence-electron chi connectivity index (χ0n) is 11.7. The zero-order chi connectivity index (χ0) is 15.2. The molecule has 1 fully saturated rings. The molecule has 0 bridgehead atoms. The fourth-order valence-electron chi connectivity index (χ4n) is 2.32. The second-order valence-corrected chi connectivity index (χ2v) is 4.74. The van der Waals surface area contributed by atoms with Gasteiger partial charge in [0.2, 0.25) is 0 Å². The molecule has 1 aromatic rings. The quantitative estimate of drug-likeness (QED) is 0.366. The van der Waals surface area contributed by atoms with E-state index in [1.807, 2.05) is 0 Å². The van der Waals surface area contributed by atoms with Crippen LogP contribution in [-0.2, 0) is 16.1 Å². The van der Waals surface area contributed by atoms with Crippen molar-refractivity contribution in [2.24, 2.45) is 11.0 Å². The third kappa shape index (κ3) is 3.55. The highest BCUT2D eigenvalue weighted by atomic mass is 16.5. The van der Waals surface area contributed by atoms with E-state index >= 15 is 0 Å². The summed E-state index contributed by atoms with van der Waals surface area (Å²) >= 11 is 0. The van der Waals surface area contributed by atoms with Crippen LogP contribution in [0.4, 0.5) is 0 Å². The predicted octanol–water partition coefficient (Wildman–Crippen LogP) is 2.12. The van der Waals surface area contributed by atoms with Crippen LogP contribution in [0.5, 0.6) is 0 Å². The van der Waals surface area contributed by atoms with Crippen molar-refractivity contribution in [1.29, 1.82) is 0 Å². The Labute approximate surface area is 121 Å². The Morgan fingerprint density at radius 1 is 1.48 bits per heavy atom. The molecule has 0 aromatic carbocycles. The van der Waals surface area contributed by atoms with Gasteiger partial charge in [-0.1, -0.05) is 5.11 Å². The third-order valence-corrected chi connectivity index (χ3v) is 3.48. The highest BCUT2D eigenvalue weighted by molar-refractivity contribution is 5.91. The fourth-order valence-corrected chi connectivity index (χ4v) is 2.32. The number of piperidine rings is 1. The Morgan fingerprint density at radius 3 is 2.81 bits per heavy atom. The minimum Gasteiger partial charge on any atom is -0.469 e. The van der Waals surface area contributed by atoms with Gasteiger partial charge in [0.15, 0.2) is 5.76 Å². The van der Waals surface area contributed by atoms with Gasteiger partial charge in [-0.15, -0.1) is 0 Å². The maximum absolute atomic E-state index is 12.2. The molecule has 1 amide bonds. The molecule has 0 aliphatic carbocycles. The molecule has 8 nitrogen and oxygen atoms in total. The molecule has 2 heterocycles. The molecular weight excluding hydrogens is 276 g/mol. The molecule has 1 saturated heterocycles. The van der Waals surface area contributed by atoms with Crippen molar-refractivity contribution in [1.82, 2.24) is 4.90 Å². The third-order valence-electron chi connectivity index (χ3n) is 3.48. The standard InChI is InChI=1S/C13H16N4O4/c1-20-13(19)9-4-6-17(7-5-9)12(18)11-3-2-10(21-11)8-15-16-14/h2-3,9H,4-8H2,1H3. The summed E-state index contributed by atoms with van der Waals surface area (Å²) in [6.45, 7) is 1.06. The van der Waals surface area contributed by atoms with E-state index < -0.39 is 0 Å². The van der Waals surface area contributed by atoms with Crippen LogP contribution in [0.3, 0.4) is 0 Å². The van der Waals surface area contributed by atoms with E-state index in [0.717, 1.165) is 0 Å². The van der Waals surface area contributed by atoms with Gasteiger partial charge in [0.1, 0.15) is 5.76 Å². The van der Waals surface area contributed by atoms with Crippen molar-refractivity contribution >= 4 is 11.9 Å². The van der Waals surface area contributed by atoms with Crippen molar-refractivity contribution in [2.75, 3.05) is 20.2 Å². The zero-order valence-corrected chi connectivity index (χ0v) is 11.7. The smallest absolute Gasteiger partial charge is 0.308 e. The Balaban J connectivity index is 1.94. The monoisotopic (exact) mass is 292 g/mol. The first-order valence-electron chi connectivity index (χ1n) is 6.62. The van der Waals surface area contributed by atoms with E-state index in [1.165, 1.54) is 7.11 Å². The topological polar surface area (TPSA) is 109 Å². The van der Waals surface area contributed by atoms with Crippen LogP contribution in [0, 0.1) is 5.92 Å². The number of azide groups is 1. The molecule has 0 saturated carbocycles. The first kappa shape index (κ1) is 14.9. The van der Waals surface area contributed by atoms with Gasteiger partial charge < -0.3 is 14.1 Å². The summed E-state index contributed by atoms with van der Waals surface area (Å²) in [6.07, 6.45) is 1.18. The number of carbonyl (C=O) groups excluding carboxylic acids is 2. The number of rotatable bonds is 4. The lowest BCUT2D eigenvalue weighted by atomic mass is 9.97. The molecule has 2 rings (SSSR count). The number of likely N-dealkylation sites (tertiary alicyclic amines) is 1. The van der Waals surface area contributed by atoms with Crippen molar-refractivity contribution in [3.63, 3.8) is 0 Å². The maximum Gasteiger partial charge on any atom is 0.308 e. The summed E-state index contributed by atoms with van der Waals surface area (Å²) in [5, 5.41) is 3.38. The van der Waals surface area contributed by atoms with Crippen LogP contribution in [0.1, 0.15) is 29.2 Å². The molecule has 0 spiro atoms. The lowest BCUT2D eigenvalue weighted by Crippen LogP contribution is -2.40. The van der Waals surface area contributed by atoms with Gasteiger partial charge in [-0.05, 0) is 30.5 Å². The van der Waals surface area contributed by atoms with Crippen LogP contribution < -0.4 is 0 Å². The Bertz CT molecular complexity index is 568. The molecular formula is C13H16N4O4. The van der Waals surface area contributed by atoms with E-state index in [1.54, 1.807) is 17.0 Å². The molecule has 112 valence electrons. The van der Waals surface area contributed by atoms with Crippen LogP contribution >= 0.6 is 0 Å². The van der Waals surface area contributed by atoms with Crippen LogP contribution in [0.25, 0.3) is 10.4 Å². The molecule has 0 unspecified atom stereocenters. The van der Waals surface area contributed by atoms with Gasteiger partial charge in [0, 0.05) is 18.0 Å². The minimum atomic E-state index is -0.225. The fraction of sp³-hybridized carbons (Fsp3) is 0.538. The number of furan rings is 1. The van der Waals surface area contributed by atoms with E-state index in [2.05, 4.69) is 10.0 Å². The number of hydrogen-bond donors (Lipinski definition) is 0. The second kappa shape index (κ2) is 6.81. The number of amides is 1. The van der Waals surface area contributed by atoms with E-state index in [9.17, 15) is 9.59 Å². The molecule has 8 heteroatoms. The minimum absolute atomic E-state index is 0.0776. The molecule has 1 aliphatic rings. The lowest BCUT2D eigenvalue weighted by Gasteiger charge is -2.30. The van der Waals surface area contributed by atoms with E-state index in [-0.39, 0.29) is 30.1 Å². The van der Waals surface area contributed by atoms with Crippen molar-refractivity contribution in [2.45, 2.75) is 19.4 Å². The molecule has 0 radical (unpaired) electrons. The van der Waals surface area contributed by atoms with Crippen LogP contribution in [0.15, 0.2) is 21.7 Å². The first-order valence-corrected chi connectivity index (χ1v) is 6.62. The number of ether oxygens (including phenoxy) is 1. The summed E-state index contributed by atoms with van der Waals surface area (Å²) in [6, 6.07) is 3.18. The van der Waals surface area contributed by atoms with Gasteiger partial charge in [-0.3, -0.25) is 9.59 Å². The molecule has 21 heavy (non-hydrogen) atoms.